The highest BCUT2D eigenvalue weighted by Crippen LogP contribution is 2.25. The van der Waals surface area contributed by atoms with Crippen LogP contribution < -0.4 is 5.73 Å². The third-order valence-electron chi connectivity index (χ3n) is 2.75. The van der Waals surface area contributed by atoms with Crippen LogP contribution in [0.25, 0.3) is 0 Å². The molecule has 1 aromatic heterocycles. The Balaban J connectivity index is 3.02. The van der Waals surface area contributed by atoms with Crippen LogP contribution in [0, 0.1) is 11.3 Å². The van der Waals surface area contributed by atoms with Gasteiger partial charge in [-0.05, 0) is 19.3 Å². The van der Waals surface area contributed by atoms with Crippen LogP contribution in [0.1, 0.15) is 51.3 Å². The Kier molecular flexibility index (Phi) is 5.93. The first-order valence-electron chi connectivity index (χ1n) is 6.35. The second-order valence-electron chi connectivity index (χ2n) is 4.27. The van der Waals surface area contributed by atoms with Crippen molar-refractivity contribution >= 4 is 17.6 Å². The molecular weight excluding hydrogens is 244 g/mol. The number of thioether (sulfide) groups is 1. The van der Waals surface area contributed by atoms with Gasteiger partial charge in [-0.2, -0.15) is 5.26 Å². The second kappa shape index (κ2) is 7.22. The number of nitriles is 1. The van der Waals surface area contributed by atoms with Crippen molar-refractivity contribution in [3.8, 4) is 6.07 Å². The minimum absolute atomic E-state index is 0.310. The van der Waals surface area contributed by atoms with Crippen molar-refractivity contribution in [1.29, 1.82) is 5.26 Å². The Labute approximate surface area is 113 Å². The number of hydrogen-bond donors (Lipinski definition) is 1. The standard InChI is InChI=1S/C13H20N4S/c1-4-6-7-11-10(8-14)12(15)17-13(16-11)18-9(3)5-2/h9H,4-7H2,1-3H3,(H2,15,16,17)/t9-/m0/s1. The molecule has 1 heterocycles. The van der Waals surface area contributed by atoms with Crippen molar-refractivity contribution in [2.45, 2.75) is 56.9 Å². The van der Waals surface area contributed by atoms with Crippen LogP contribution in [0.4, 0.5) is 5.82 Å². The molecule has 0 saturated heterocycles. The lowest BCUT2D eigenvalue weighted by atomic mass is 10.1. The molecule has 4 nitrogen and oxygen atoms in total. The summed E-state index contributed by atoms with van der Waals surface area (Å²) in [6, 6.07) is 2.11. The fraction of sp³-hybridized carbons (Fsp3) is 0.615. The maximum absolute atomic E-state index is 9.10. The lowest BCUT2D eigenvalue weighted by Crippen LogP contribution is -2.07. The van der Waals surface area contributed by atoms with Crippen molar-refractivity contribution < 1.29 is 0 Å². The van der Waals surface area contributed by atoms with E-state index in [2.05, 4.69) is 36.8 Å². The van der Waals surface area contributed by atoms with Crippen molar-refractivity contribution in [3.63, 3.8) is 0 Å². The zero-order valence-electron chi connectivity index (χ0n) is 11.2. The molecular formula is C13H20N4S. The van der Waals surface area contributed by atoms with Gasteiger partial charge in [-0.1, -0.05) is 39.0 Å². The van der Waals surface area contributed by atoms with Gasteiger partial charge >= 0.3 is 0 Å². The summed E-state index contributed by atoms with van der Waals surface area (Å²) in [7, 11) is 0. The molecule has 0 spiro atoms. The average molecular weight is 264 g/mol. The van der Waals surface area contributed by atoms with Crippen molar-refractivity contribution in [2.75, 3.05) is 5.73 Å². The first-order chi connectivity index (χ1) is 8.62. The minimum atomic E-state index is 0.310. The average Bonchev–Trinajstić information content (AvgIpc) is 2.35. The van der Waals surface area contributed by atoms with E-state index in [1.54, 1.807) is 11.8 Å². The number of aromatic nitrogens is 2. The molecule has 0 fully saturated rings. The highest BCUT2D eigenvalue weighted by Gasteiger charge is 2.13. The van der Waals surface area contributed by atoms with Gasteiger partial charge in [-0.25, -0.2) is 9.97 Å². The van der Waals surface area contributed by atoms with Gasteiger partial charge in [0, 0.05) is 5.25 Å². The molecule has 0 bridgehead atoms. The SMILES string of the molecule is CCCCc1nc(S[C@@H](C)CC)nc(N)c1C#N. The molecule has 0 amide bonds. The predicted molar refractivity (Wildman–Crippen MR) is 75.4 cm³/mol. The van der Waals surface area contributed by atoms with Gasteiger partial charge in [0.05, 0.1) is 5.69 Å². The first-order valence-corrected chi connectivity index (χ1v) is 7.23. The molecule has 0 unspecified atom stereocenters. The molecule has 1 rings (SSSR count). The van der Waals surface area contributed by atoms with Crippen LogP contribution in [0.15, 0.2) is 5.16 Å². The summed E-state index contributed by atoms with van der Waals surface area (Å²) < 4.78 is 0. The molecule has 18 heavy (non-hydrogen) atoms. The van der Waals surface area contributed by atoms with Crippen molar-refractivity contribution in [2.24, 2.45) is 0 Å². The van der Waals surface area contributed by atoms with Crippen LogP contribution in [0.2, 0.25) is 0 Å². The number of nitrogens with two attached hydrogens (primary N) is 1. The van der Waals surface area contributed by atoms with Crippen LogP contribution in [-0.2, 0) is 6.42 Å². The Morgan fingerprint density at radius 3 is 2.67 bits per heavy atom. The van der Waals surface area contributed by atoms with Crippen LogP contribution >= 0.6 is 11.8 Å². The Morgan fingerprint density at radius 2 is 2.11 bits per heavy atom. The topological polar surface area (TPSA) is 75.6 Å². The van der Waals surface area contributed by atoms with Crippen molar-refractivity contribution in [1.82, 2.24) is 9.97 Å². The maximum atomic E-state index is 9.10. The largest absolute Gasteiger partial charge is 0.382 e. The summed E-state index contributed by atoms with van der Waals surface area (Å²) in [6.07, 6.45) is 3.93. The molecule has 0 aromatic carbocycles. The number of hydrogen-bond acceptors (Lipinski definition) is 5. The maximum Gasteiger partial charge on any atom is 0.190 e. The third kappa shape index (κ3) is 3.88. The number of nitrogens with zero attached hydrogens (tertiary/aromatic N) is 3. The summed E-state index contributed by atoms with van der Waals surface area (Å²) in [4.78, 5) is 8.69. The molecule has 0 aliphatic heterocycles. The number of unbranched alkanes of at least 4 members (excludes halogenated alkanes) is 1. The number of nitrogen functional groups attached to an aromatic ring is 1. The van der Waals surface area contributed by atoms with Gasteiger partial charge in [0.15, 0.2) is 5.16 Å². The summed E-state index contributed by atoms with van der Waals surface area (Å²) in [5, 5.41) is 10.2. The quantitative estimate of drug-likeness (QED) is 0.631. The Morgan fingerprint density at radius 1 is 1.39 bits per heavy atom. The number of rotatable bonds is 6. The van der Waals surface area contributed by atoms with Crippen LogP contribution in [0.5, 0.6) is 0 Å². The molecule has 2 N–H and O–H groups in total. The predicted octanol–water partition coefficient (Wildman–Crippen LogP) is 3.16. The second-order valence-corrected chi connectivity index (χ2v) is 5.67. The van der Waals surface area contributed by atoms with E-state index < -0.39 is 0 Å². The van der Waals surface area contributed by atoms with Crippen molar-refractivity contribution in [3.05, 3.63) is 11.3 Å². The first kappa shape index (κ1) is 14.8. The molecule has 1 atom stereocenters. The lowest BCUT2D eigenvalue weighted by Gasteiger charge is -2.10. The smallest absolute Gasteiger partial charge is 0.190 e. The van der Waals surface area contributed by atoms with E-state index in [0.29, 0.717) is 21.8 Å². The van der Waals surface area contributed by atoms with Gasteiger partial charge in [0.25, 0.3) is 0 Å². The van der Waals surface area contributed by atoms with E-state index in [1.165, 1.54) is 0 Å². The molecule has 0 saturated carbocycles. The number of anilines is 1. The van der Waals surface area contributed by atoms with E-state index in [-0.39, 0.29) is 0 Å². The van der Waals surface area contributed by atoms with E-state index in [1.807, 2.05) is 0 Å². The lowest BCUT2D eigenvalue weighted by molar-refractivity contribution is 0.754. The summed E-state index contributed by atoms with van der Waals surface area (Å²) in [6.45, 7) is 6.38. The fourth-order valence-corrected chi connectivity index (χ4v) is 2.31. The third-order valence-corrected chi connectivity index (χ3v) is 3.88. The number of aryl methyl sites for hydroxylation is 1. The fourth-order valence-electron chi connectivity index (χ4n) is 1.47. The van der Waals surface area contributed by atoms with Gasteiger partial charge in [0.2, 0.25) is 0 Å². The van der Waals surface area contributed by atoms with Crippen LogP contribution in [-0.4, -0.2) is 15.2 Å². The zero-order chi connectivity index (χ0) is 13.5. The monoisotopic (exact) mass is 264 g/mol. The summed E-state index contributed by atoms with van der Waals surface area (Å²) in [5.74, 6) is 0.310. The highest BCUT2D eigenvalue weighted by molar-refractivity contribution is 7.99. The van der Waals surface area contributed by atoms with Gasteiger partial charge in [-0.3, -0.25) is 0 Å². The van der Waals surface area contributed by atoms with Gasteiger partial charge < -0.3 is 5.73 Å². The Bertz CT molecular complexity index is 439. The van der Waals surface area contributed by atoms with Gasteiger partial charge in [0.1, 0.15) is 17.5 Å². The normalized spacial score (nSPS) is 12.1. The van der Waals surface area contributed by atoms with E-state index in [0.717, 1.165) is 31.4 Å². The molecule has 0 aliphatic carbocycles. The molecule has 5 heteroatoms. The highest BCUT2D eigenvalue weighted by atomic mass is 32.2. The molecule has 1 aromatic rings. The van der Waals surface area contributed by atoms with Crippen LogP contribution in [0.3, 0.4) is 0 Å². The van der Waals surface area contributed by atoms with E-state index in [4.69, 9.17) is 11.0 Å². The summed E-state index contributed by atoms with van der Waals surface area (Å²) >= 11 is 1.61. The van der Waals surface area contributed by atoms with Gasteiger partial charge in [-0.15, -0.1) is 0 Å². The molecule has 0 aliphatic rings. The van der Waals surface area contributed by atoms with E-state index >= 15 is 0 Å². The van der Waals surface area contributed by atoms with E-state index in [9.17, 15) is 0 Å². The zero-order valence-corrected chi connectivity index (χ0v) is 12.0. The Hall–Kier alpha value is -1.28. The minimum Gasteiger partial charge on any atom is -0.382 e. The summed E-state index contributed by atoms with van der Waals surface area (Å²) in [5.41, 5.74) is 7.07. The molecule has 98 valence electrons. The molecule has 0 radical (unpaired) electrons.